The van der Waals surface area contributed by atoms with Crippen LogP contribution in [0.25, 0.3) is 0 Å². The first-order chi connectivity index (χ1) is 8.20. The fourth-order valence-electron chi connectivity index (χ4n) is 2.12. The van der Waals surface area contributed by atoms with Crippen molar-refractivity contribution in [2.24, 2.45) is 0 Å². The predicted molar refractivity (Wildman–Crippen MR) is 70.2 cm³/mol. The van der Waals surface area contributed by atoms with Crippen LogP contribution in [0.3, 0.4) is 0 Å². The van der Waals surface area contributed by atoms with E-state index in [1.54, 1.807) is 0 Å². The highest BCUT2D eigenvalue weighted by Gasteiger charge is 2.34. The molecule has 0 amide bonds. The van der Waals surface area contributed by atoms with Gasteiger partial charge in [0, 0.05) is 16.9 Å². The lowest BCUT2D eigenvalue weighted by Gasteiger charge is -2.12. The Morgan fingerprint density at radius 2 is 2.06 bits per heavy atom. The largest absolute Gasteiger partial charge is 0.392 e. The van der Waals surface area contributed by atoms with Crippen molar-refractivity contribution in [2.75, 3.05) is 7.05 Å². The second-order valence-corrected chi connectivity index (χ2v) is 5.55. The van der Waals surface area contributed by atoms with E-state index in [2.05, 4.69) is 5.32 Å². The number of rotatable bonds is 3. The van der Waals surface area contributed by atoms with E-state index in [0.29, 0.717) is 11.6 Å². The zero-order valence-electron chi connectivity index (χ0n) is 9.80. The van der Waals surface area contributed by atoms with Crippen LogP contribution in [0.4, 0.5) is 0 Å². The van der Waals surface area contributed by atoms with E-state index in [4.69, 9.17) is 0 Å². The molecule has 1 aromatic carbocycles. The van der Waals surface area contributed by atoms with E-state index in [0.717, 1.165) is 12.8 Å². The Balaban J connectivity index is 1.96. The number of thioether (sulfide) groups is 1. The van der Waals surface area contributed by atoms with Gasteiger partial charge >= 0.3 is 0 Å². The summed E-state index contributed by atoms with van der Waals surface area (Å²) < 4.78 is 0. The highest BCUT2D eigenvalue weighted by atomic mass is 32.2. The van der Waals surface area contributed by atoms with Gasteiger partial charge < -0.3 is 10.4 Å². The van der Waals surface area contributed by atoms with Gasteiger partial charge in [0.05, 0.1) is 6.10 Å². The molecule has 1 saturated carbocycles. The summed E-state index contributed by atoms with van der Waals surface area (Å²) in [5, 5.41) is 13.1. The minimum atomic E-state index is -0.384. The Morgan fingerprint density at radius 3 is 2.65 bits per heavy atom. The molecular weight excluding hydrogens is 234 g/mol. The van der Waals surface area contributed by atoms with Gasteiger partial charge in [0.1, 0.15) is 0 Å². The van der Waals surface area contributed by atoms with Gasteiger partial charge in [-0.05, 0) is 19.9 Å². The minimum Gasteiger partial charge on any atom is -0.392 e. The first kappa shape index (κ1) is 12.6. The molecule has 3 nitrogen and oxygen atoms in total. The molecule has 0 spiro atoms. The van der Waals surface area contributed by atoms with Gasteiger partial charge in [-0.25, -0.2) is 0 Å². The summed E-state index contributed by atoms with van der Waals surface area (Å²) in [7, 11) is 1.89. The van der Waals surface area contributed by atoms with E-state index in [-0.39, 0.29) is 16.5 Å². The van der Waals surface area contributed by atoms with Crippen molar-refractivity contribution >= 4 is 16.9 Å². The van der Waals surface area contributed by atoms with Gasteiger partial charge in [-0.15, -0.1) is 0 Å². The third-order valence-corrected chi connectivity index (χ3v) is 4.41. The average molecular weight is 251 g/mol. The van der Waals surface area contributed by atoms with E-state index in [9.17, 15) is 9.90 Å². The maximum Gasteiger partial charge on any atom is 0.219 e. The molecule has 1 aliphatic rings. The number of aliphatic hydroxyl groups excluding tert-OH is 1. The summed E-state index contributed by atoms with van der Waals surface area (Å²) in [5.74, 6) is 0. The maximum absolute atomic E-state index is 12.0. The van der Waals surface area contributed by atoms with Gasteiger partial charge in [0.2, 0.25) is 5.12 Å². The molecule has 0 unspecified atom stereocenters. The molecule has 3 atom stereocenters. The molecule has 2 N–H and O–H groups in total. The van der Waals surface area contributed by atoms with Crippen LogP contribution in [0.15, 0.2) is 30.3 Å². The Kier molecular flexibility index (Phi) is 4.20. The van der Waals surface area contributed by atoms with E-state index in [1.165, 1.54) is 11.8 Å². The average Bonchev–Trinajstić information content (AvgIpc) is 2.71. The molecule has 0 aliphatic heterocycles. The molecule has 0 heterocycles. The van der Waals surface area contributed by atoms with Crippen molar-refractivity contribution in [1.29, 1.82) is 0 Å². The van der Waals surface area contributed by atoms with Gasteiger partial charge in [0.15, 0.2) is 0 Å². The fraction of sp³-hybridized carbons (Fsp3) is 0.462. The zero-order valence-corrected chi connectivity index (χ0v) is 10.6. The third-order valence-electron chi connectivity index (χ3n) is 3.15. The van der Waals surface area contributed by atoms with Gasteiger partial charge in [0.25, 0.3) is 0 Å². The number of carbonyl (C=O) groups is 1. The normalized spacial score (nSPS) is 28.2. The van der Waals surface area contributed by atoms with Gasteiger partial charge in [-0.1, -0.05) is 42.1 Å². The van der Waals surface area contributed by atoms with Crippen LogP contribution in [-0.2, 0) is 0 Å². The van der Waals surface area contributed by atoms with Crippen molar-refractivity contribution in [3.05, 3.63) is 35.9 Å². The second-order valence-electron chi connectivity index (χ2n) is 4.33. The summed E-state index contributed by atoms with van der Waals surface area (Å²) in [6.45, 7) is 0. The Labute approximate surface area is 106 Å². The summed E-state index contributed by atoms with van der Waals surface area (Å²) >= 11 is 1.26. The Morgan fingerprint density at radius 1 is 1.35 bits per heavy atom. The Hall–Kier alpha value is -0.840. The lowest BCUT2D eigenvalue weighted by molar-refractivity contribution is 0.108. The van der Waals surface area contributed by atoms with Crippen LogP contribution < -0.4 is 5.32 Å². The summed E-state index contributed by atoms with van der Waals surface area (Å²) in [6.07, 6.45) is 1.20. The van der Waals surface area contributed by atoms with Crippen LogP contribution in [0, 0.1) is 0 Å². The smallest absolute Gasteiger partial charge is 0.219 e. The van der Waals surface area contributed by atoms with Crippen LogP contribution in [-0.4, -0.2) is 34.7 Å². The molecular formula is C13H17NO2S. The van der Waals surface area contributed by atoms with Crippen molar-refractivity contribution in [3.63, 3.8) is 0 Å². The molecule has 17 heavy (non-hydrogen) atoms. The highest BCUT2D eigenvalue weighted by Crippen LogP contribution is 2.32. The van der Waals surface area contributed by atoms with Crippen LogP contribution >= 0.6 is 11.8 Å². The summed E-state index contributed by atoms with van der Waals surface area (Å²) in [6, 6.07) is 9.55. The van der Waals surface area contributed by atoms with Crippen molar-refractivity contribution in [1.82, 2.24) is 5.32 Å². The number of aliphatic hydroxyl groups is 1. The zero-order chi connectivity index (χ0) is 12.3. The molecule has 2 rings (SSSR count). The number of hydrogen-bond donors (Lipinski definition) is 2. The van der Waals surface area contributed by atoms with Gasteiger partial charge in [-0.2, -0.15) is 0 Å². The lowest BCUT2D eigenvalue weighted by Crippen LogP contribution is -2.22. The number of benzene rings is 1. The van der Waals surface area contributed by atoms with Crippen LogP contribution in [0.5, 0.6) is 0 Å². The number of nitrogens with one attached hydrogen (secondary N) is 1. The van der Waals surface area contributed by atoms with Gasteiger partial charge in [-0.3, -0.25) is 4.79 Å². The molecule has 1 aliphatic carbocycles. The third kappa shape index (κ3) is 3.09. The van der Waals surface area contributed by atoms with Crippen molar-refractivity contribution < 1.29 is 9.90 Å². The topological polar surface area (TPSA) is 49.3 Å². The fourth-order valence-corrected chi connectivity index (χ4v) is 3.26. The lowest BCUT2D eigenvalue weighted by atomic mass is 10.2. The number of carbonyl (C=O) groups excluding carboxylic acids is 1. The number of hydrogen-bond acceptors (Lipinski definition) is 4. The van der Waals surface area contributed by atoms with Crippen molar-refractivity contribution in [2.45, 2.75) is 30.2 Å². The predicted octanol–water partition coefficient (Wildman–Crippen LogP) is 1.67. The van der Waals surface area contributed by atoms with E-state index >= 15 is 0 Å². The Bertz CT molecular complexity index is 382. The monoisotopic (exact) mass is 251 g/mol. The molecule has 0 aromatic heterocycles. The van der Waals surface area contributed by atoms with Crippen molar-refractivity contribution in [3.8, 4) is 0 Å². The summed E-state index contributed by atoms with van der Waals surface area (Å²) in [5.41, 5.74) is 0.706. The second kappa shape index (κ2) is 5.67. The molecule has 0 saturated heterocycles. The van der Waals surface area contributed by atoms with Crippen LogP contribution in [0.2, 0.25) is 0 Å². The standard InChI is InChI=1S/C13H17NO2S/c1-14-10-7-11(15)12(8-10)17-13(16)9-5-3-2-4-6-9/h2-6,10-12,14-15H,7-8H2,1H3/t10-,11+,12+/m1/s1. The highest BCUT2D eigenvalue weighted by molar-refractivity contribution is 8.14. The summed E-state index contributed by atoms with van der Waals surface area (Å²) in [4.78, 5) is 12.0. The molecule has 92 valence electrons. The molecule has 0 bridgehead atoms. The quantitative estimate of drug-likeness (QED) is 0.858. The molecule has 0 radical (unpaired) electrons. The first-order valence-corrected chi connectivity index (χ1v) is 6.70. The molecule has 1 fully saturated rings. The molecule has 1 aromatic rings. The maximum atomic E-state index is 12.0. The first-order valence-electron chi connectivity index (χ1n) is 5.82. The minimum absolute atomic E-state index is 0.0140. The van der Waals surface area contributed by atoms with Crippen LogP contribution in [0.1, 0.15) is 23.2 Å². The SMILES string of the molecule is CN[C@H]1C[C@H](SC(=O)c2ccccc2)[C@@H](O)C1. The van der Waals surface area contributed by atoms with E-state index < -0.39 is 0 Å². The van der Waals surface area contributed by atoms with E-state index in [1.807, 2.05) is 37.4 Å². The molecule has 4 heteroatoms.